The van der Waals surface area contributed by atoms with Gasteiger partial charge in [0.1, 0.15) is 5.82 Å². The van der Waals surface area contributed by atoms with Crippen LogP contribution in [0.25, 0.3) is 11.1 Å². The fourth-order valence-electron chi connectivity index (χ4n) is 2.91. The van der Waals surface area contributed by atoms with Crippen LogP contribution in [0.2, 0.25) is 0 Å². The van der Waals surface area contributed by atoms with E-state index in [0.29, 0.717) is 11.1 Å². The number of rotatable bonds is 6. The first-order chi connectivity index (χ1) is 13.8. The van der Waals surface area contributed by atoms with Crippen LogP contribution in [0.1, 0.15) is 33.7 Å². The molecule has 1 amide bonds. The molecule has 0 aliphatic rings. The largest absolute Gasteiger partial charge is 0.274 e. The average Bonchev–Trinajstić information content (AvgIpc) is 2.74. The third-order valence-corrected chi connectivity index (χ3v) is 6.24. The second-order valence-corrected chi connectivity index (χ2v) is 8.68. The maximum atomic E-state index is 14.6. The van der Waals surface area contributed by atoms with Gasteiger partial charge in [-0.05, 0) is 48.2 Å². The molecular weight excluding hydrogens is 391 g/mol. The molecular formula is C22H21FN2O3S. The zero-order valence-corrected chi connectivity index (χ0v) is 16.8. The van der Waals surface area contributed by atoms with Gasteiger partial charge in [-0.25, -0.2) is 12.8 Å². The Morgan fingerprint density at radius 2 is 1.52 bits per heavy atom. The van der Waals surface area contributed by atoms with Crippen LogP contribution < -0.4 is 10.3 Å². The van der Waals surface area contributed by atoms with Crippen LogP contribution >= 0.6 is 0 Å². The lowest BCUT2D eigenvalue weighted by atomic mass is 9.99. The Labute approximate surface area is 169 Å². The second-order valence-electron chi connectivity index (χ2n) is 6.67. The van der Waals surface area contributed by atoms with Crippen LogP contribution in [0.5, 0.6) is 0 Å². The maximum Gasteiger partial charge on any atom is 0.269 e. The first-order valence-corrected chi connectivity index (χ1v) is 10.6. The number of hydrogen-bond acceptors (Lipinski definition) is 3. The third-order valence-electron chi connectivity index (χ3n) is 4.65. The van der Waals surface area contributed by atoms with E-state index in [2.05, 4.69) is 10.3 Å². The minimum absolute atomic E-state index is 0.237. The van der Waals surface area contributed by atoms with Gasteiger partial charge in [0.05, 0.1) is 10.8 Å². The number of amides is 1. The van der Waals surface area contributed by atoms with Gasteiger partial charge in [0.2, 0.25) is 10.0 Å². The van der Waals surface area contributed by atoms with Gasteiger partial charge >= 0.3 is 0 Å². The van der Waals surface area contributed by atoms with Crippen LogP contribution in [-0.2, 0) is 10.0 Å². The Morgan fingerprint density at radius 1 is 0.931 bits per heavy atom. The number of carbonyl (C=O) groups is 1. The summed E-state index contributed by atoms with van der Waals surface area (Å²) < 4.78 is 39.5. The van der Waals surface area contributed by atoms with Crippen molar-refractivity contribution < 1.29 is 17.6 Å². The summed E-state index contributed by atoms with van der Waals surface area (Å²) in [6, 6.07) is 20.9. The fraction of sp³-hybridized carbons (Fsp3) is 0.136. The highest BCUT2D eigenvalue weighted by molar-refractivity contribution is 7.89. The summed E-state index contributed by atoms with van der Waals surface area (Å²) in [6.45, 7) is 3.06. The monoisotopic (exact) mass is 412 g/mol. The quantitative estimate of drug-likeness (QED) is 0.598. The van der Waals surface area contributed by atoms with Crippen molar-refractivity contribution in [1.29, 1.82) is 0 Å². The van der Waals surface area contributed by atoms with Gasteiger partial charge in [-0.2, -0.15) is 0 Å². The number of benzene rings is 3. The number of halogens is 1. The zero-order valence-electron chi connectivity index (χ0n) is 16.0. The van der Waals surface area contributed by atoms with Crippen molar-refractivity contribution in [2.75, 3.05) is 0 Å². The maximum absolute atomic E-state index is 14.6. The van der Waals surface area contributed by atoms with E-state index < -0.39 is 27.0 Å². The van der Waals surface area contributed by atoms with Gasteiger partial charge in [0.15, 0.2) is 0 Å². The van der Waals surface area contributed by atoms with Crippen molar-refractivity contribution >= 4 is 15.9 Å². The molecule has 7 heteroatoms. The molecule has 0 aliphatic carbocycles. The van der Waals surface area contributed by atoms with Gasteiger partial charge in [-0.1, -0.05) is 60.7 Å². The lowest BCUT2D eigenvalue weighted by Crippen LogP contribution is -2.43. The first-order valence-electron chi connectivity index (χ1n) is 9.01. The van der Waals surface area contributed by atoms with Crippen LogP contribution in [0.4, 0.5) is 4.39 Å². The van der Waals surface area contributed by atoms with Crippen LogP contribution in [0.15, 0.2) is 72.8 Å². The smallest absolute Gasteiger partial charge is 0.269 e. The van der Waals surface area contributed by atoms with Crippen molar-refractivity contribution in [1.82, 2.24) is 10.3 Å². The van der Waals surface area contributed by atoms with Crippen molar-refractivity contribution in [2.24, 2.45) is 0 Å². The molecule has 3 rings (SSSR count). The number of aryl methyl sites for hydroxylation is 1. The number of hydrogen-bond donors (Lipinski definition) is 2. The topological polar surface area (TPSA) is 75.3 Å². The average molecular weight is 412 g/mol. The van der Waals surface area contributed by atoms with E-state index >= 15 is 0 Å². The second kappa shape index (κ2) is 8.55. The molecule has 0 spiro atoms. The highest BCUT2D eigenvalue weighted by atomic mass is 32.2. The van der Waals surface area contributed by atoms with Crippen molar-refractivity contribution in [3.63, 3.8) is 0 Å². The molecule has 0 bridgehead atoms. The van der Waals surface area contributed by atoms with Crippen LogP contribution in [0, 0.1) is 12.7 Å². The fourth-order valence-corrected chi connectivity index (χ4v) is 3.84. The molecule has 29 heavy (non-hydrogen) atoms. The molecule has 5 nitrogen and oxygen atoms in total. The summed E-state index contributed by atoms with van der Waals surface area (Å²) >= 11 is 0. The molecule has 3 aromatic carbocycles. The molecule has 3 aromatic rings. The van der Waals surface area contributed by atoms with E-state index in [1.54, 1.807) is 43.3 Å². The standard InChI is InChI=1S/C22H21FN2O3S/c1-15-13-19(18-11-7-4-8-12-18)14-20(21(15)23)22(26)24-25-29(27,28)16(2)17-9-5-3-6-10-17/h3-14,16,25H,1-2H3,(H,24,26). The molecule has 0 saturated carbocycles. The number of carbonyl (C=O) groups excluding carboxylic acids is 1. The van der Waals surface area contributed by atoms with Crippen molar-refractivity contribution in [3.8, 4) is 11.1 Å². The molecule has 0 heterocycles. The molecule has 0 radical (unpaired) electrons. The molecule has 0 saturated heterocycles. The molecule has 150 valence electrons. The van der Waals surface area contributed by atoms with Gasteiger partial charge in [-0.3, -0.25) is 10.2 Å². The summed E-state index contributed by atoms with van der Waals surface area (Å²) in [7, 11) is -3.91. The minimum atomic E-state index is -3.91. The van der Waals surface area contributed by atoms with Gasteiger partial charge in [0.25, 0.3) is 5.91 Å². The molecule has 2 N–H and O–H groups in total. The highest BCUT2D eigenvalue weighted by Gasteiger charge is 2.24. The Balaban J connectivity index is 1.81. The zero-order chi connectivity index (χ0) is 21.0. The van der Waals surface area contributed by atoms with E-state index in [1.807, 2.05) is 30.3 Å². The molecule has 0 fully saturated rings. The normalized spacial score (nSPS) is 12.4. The van der Waals surface area contributed by atoms with E-state index in [0.717, 1.165) is 5.56 Å². The molecule has 0 aliphatic heterocycles. The molecule has 1 atom stereocenters. The van der Waals surface area contributed by atoms with Gasteiger partial charge in [0, 0.05) is 0 Å². The third kappa shape index (κ3) is 4.70. The van der Waals surface area contributed by atoms with Crippen LogP contribution in [0.3, 0.4) is 0 Å². The number of nitrogens with one attached hydrogen (secondary N) is 2. The van der Waals surface area contributed by atoms with E-state index in [4.69, 9.17) is 0 Å². The lowest BCUT2D eigenvalue weighted by Gasteiger charge is -2.16. The summed E-state index contributed by atoms with van der Waals surface area (Å²) in [6.07, 6.45) is 0. The number of sulfonamides is 1. The predicted octanol–water partition coefficient (Wildman–Crippen LogP) is 4.13. The Hall–Kier alpha value is -3.03. The first kappa shape index (κ1) is 20.7. The Morgan fingerprint density at radius 3 is 2.14 bits per heavy atom. The lowest BCUT2D eigenvalue weighted by molar-refractivity contribution is 0.0940. The highest BCUT2D eigenvalue weighted by Crippen LogP contribution is 2.25. The Kier molecular flexibility index (Phi) is 6.10. The summed E-state index contributed by atoms with van der Waals surface area (Å²) in [5.41, 5.74) is 4.23. The van der Waals surface area contributed by atoms with Crippen molar-refractivity contribution in [3.05, 3.63) is 95.3 Å². The number of hydrazine groups is 1. The van der Waals surface area contributed by atoms with Crippen LogP contribution in [-0.4, -0.2) is 14.3 Å². The van der Waals surface area contributed by atoms with E-state index in [9.17, 15) is 17.6 Å². The van der Waals surface area contributed by atoms with Gasteiger partial charge in [-0.15, -0.1) is 4.83 Å². The summed E-state index contributed by atoms with van der Waals surface area (Å²) in [4.78, 5) is 14.6. The van der Waals surface area contributed by atoms with E-state index in [1.165, 1.54) is 13.0 Å². The summed E-state index contributed by atoms with van der Waals surface area (Å²) in [5, 5.41) is -0.897. The van der Waals surface area contributed by atoms with E-state index in [-0.39, 0.29) is 11.1 Å². The summed E-state index contributed by atoms with van der Waals surface area (Å²) in [5.74, 6) is -1.57. The SMILES string of the molecule is Cc1cc(-c2ccccc2)cc(C(=O)NNS(=O)(=O)C(C)c2ccccc2)c1F. The minimum Gasteiger partial charge on any atom is -0.274 e. The molecule has 0 aromatic heterocycles. The molecule has 1 unspecified atom stereocenters. The Bertz CT molecular complexity index is 1120. The predicted molar refractivity (Wildman–Crippen MR) is 111 cm³/mol. The van der Waals surface area contributed by atoms with Gasteiger partial charge < -0.3 is 0 Å². The van der Waals surface area contributed by atoms with Crippen molar-refractivity contribution in [2.45, 2.75) is 19.1 Å².